The van der Waals surface area contributed by atoms with Gasteiger partial charge < -0.3 is 0 Å². The highest BCUT2D eigenvalue weighted by Crippen LogP contribution is 2.37. The summed E-state index contributed by atoms with van der Waals surface area (Å²) in [6, 6.07) is 18.9. The molecule has 0 saturated heterocycles. The van der Waals surface area contributed by atoms with Crippen LogP contribution in [-0.2, 0) is 9.59 Å². The van der Waals surface area contributed by atoms with Crippen molar-refractivity contribution in [2.24, 2.45) is 4.99 Å². The fraction of sp³-hybridized carbons (Fsp3) is 0. The lowest BCUT2D eigenvalue weighted by Crippen LogP contribution is -2.16. The maximum Gasteiger partial charge on any atom is 0.218 e. The first-order valence-electron chi connectivity index (χ1n) is 8.40. The van der Waals surface area contributed by atoms with Gasteiger partial charge in [0.1, 0.15) is 15.1 Å². The molecule has 144 valence electrons. The summed E-state index contributed by atoms with van der Waals surface area (Å²) >= 11 is 19.2. The van der Waals surface area contributed by atoms with E-state index in [4.69, 9.17) is 34.8 Å². The summed E-state index contributed by atoms with van der Waals surface area (Å²) < 4.78 is 1.83. The van der Waals surface area contributed by atoms with Crippen molar-refractivity contribution in [1.82, 2.24) is 4.57 Å². The van der Waals surface area contributed by atoms with Gasteiger partial charge in [-0.1, -0.05) is 82.5 Å². The van der Waals surface area contributed by atoms with Crippen molar-refractivity contribution in [3.63, 3.8) is 0 Å². The number of Topliss-reactive ketones (excluding diaryl/α,β-unsaturated/α-hetero) is 2. The maximum absolute atomic E-state index is 12.7. The summed E-state index contributed by atoms with van der Waals surface area (Å²) in [6.07, 6.45) is 1.72. The lowest BCUT2D eigenvalue weighted by atomic mass is 10.0. The quantitative estimate of drug-likeness (QED) is 0.479. The van der Waals surface area contributed by atoms with Gasteiger partial charge in [-0.05, 0) is 24.3 Å². The summed E-state index contributed by atoms with van der Waals surface area (Å²) in [7, 11) is 0. The molecule has 4 rings (SSSR count). The maximum atomic E-state index is 12.7. The van der Waals surface area contributed by atoms with E-state index < -0.39 is 11.6 Å². The van der Waals surface area contributed by atoms with E-state index in [0.29, 0.717) is 9.68 Å². The number of thiazole rings is 1. The number of rotatable bonds is 3. The smallest absolute Gasteiger partial charge is 0.218 e. The molecule has 0 atom stereocenters. The van der Waals surface area contributed by atoms with Gasteiger partial charge in [0.2, 0.25) is 11.6 Å². The van der Waals surface area contributed by atoms with Gasteiger partial charge in [0, 0.05) is 11.9 Å². The first kappa shape index (κ1) is 19.9. The standard InChI is InChI=1S/C21H11Cl3N2O2S/c22-16-15(19(27)17(23)18(24)20(16)28)14-11-26(13-9-5-2-6-10-13)21(29-14)25-12-7-3-1-4-8-12/h1-11H. The molecular weight excluding hydrogens is 451 g/mol. The van der Waals surface area contributed by atoms with Crippen molar-refractivity contribution in [2.45, 2.75) is 0 Å². The predicted molar refractivity (Wildman–Crippen MR) is 117 cm³/mol. The Bertz CT molecular complexity index is 1260. The third-order valence-electron chi connectivity index (χ3n) is 4.15. The molecule has 0 bridgehead atoms. The number of carbonyl (C=O) groups is 2. The molecule has 0 amide bonds. The summed E-state index contributed by atoms with van der Waals surface area (Å²) in [5.74, 6) is -1.26. The molecule has 1 aromatic heterocycles. The van der Waals surface area contributed by atoms with Crippen molar-refractivity contribution in [1.29, 1.82) is 0 Å². The second kappa shape index (κ2) is 8.13. The molecule has 0 saturated carbocycles. The predicted octanol–water partition coefficient (Wildman–Crippen LogP) is 5.56. The highest BCUT2D eigenvalue weighted by atomic mass is 35.5. The summed E-state index contributed by atoms with van der Waals surface area (Å²) in [4.78, 5) is 30.7. The van der Waals surface area contributed by atoms with Gasteiger partial charge in [-0.3, -0.25) is 14.2 Å². The Labute approximate surface area is 185 Å². The van der Waals surface area contributed by atoms with Crippen LogP contribution in [0.5, 0.6) is 0 Å². The molecule has 1 aliphatic rings. The summed E-state index contributed by atoms with van der Waals surface area (Å²) in [5.41, 5.74) is 1.61. The molecule has 0 radical (unpaired) electrons. The first-order chi connectivity index (χ1) is 14.0. The highest BCUT2D eigenvalue weighted by molar-refractivity contribution is 7.11. The molecule has 3 aromatic rings. The number of nitrogens with zero attached hydrogens (tertiary/aromatic N) is 2. The van der Waals surface area contributed by atoms with E-state index in [1.54, 1.807) is 6.20 Å². The molecule has 8 heteroatoms. The molecule has 29 heavy (non-hydrogen) atoms. The molecule has 1 heterocycles. The Morgan fingerprint density at radius 2 is 1.34 bits per heavy atom. The Morgan fingerprint density at radius 3 is 2.00 bits per heavy atom. The van der Waals surface area contributed by atoms with Crippen LogP contribution in [0.25, 0.3) is 11.3 Å². The highest BCUT2D eigenvalue weighted by Gasteiger charge is 2.34. The second-order valence-corrected chi connectivity index (χ2v) is 8.15. The number of hydrogen-bond acceptors (Lipinski definition) is 4. The van der Waals surface area contributed by atoms with E-state index in [1.807, 2.05) is 65.2 Å². The van der Waals surface area contributed by atoms with Gasteiger partial charge in [0.25, 0.3) is 0 Å². The first-order valence-corrected chi connectivity index (χ1v) is 10.3. The van der Waals surface area contributed by atoms with E-state index in [1.165, 1.54) is 11.3 Å². The number of aromatic nitrogens is 1. The number of para-hydroxylation sites is 2. The van der Waals surface area contributed by atoms with Crippen LogP contribution in [0.4, 0.5) is 5.69 Å². The summed E-state index contributed by atoms with van der Waals surface area (Å²) in [5, 5.41) is -0.957. The van der Waals surface area contributed by atoms with Crippen LogP contribution < -0.4 is 4.80 Å². The molecule has 4 nitrogen and oxygen atoms in total. The fourth-order valence-electron chi connectivity index (χ4n) is 2.76. The zero-order chi connectivity index (χ0) is 20.5. The average Bonchev–Trinajstić information content (AvgIpc) is 3.15. The van der Waals surface area contributed by atoms with Crippen molar-refractivity contribution < 1.29 is 9.59 Å². The van der Waals surface area contributed by atoms with Crippen LogP contribution in [0.1, 0.15) is 4.88 Å². The molecule has 0 N–H and O–H groups in total. The average molecular weight is 462 g/mol. The zero-order valence-corrected chi connectivity index (χ0v) is 17.7. The van der Waals surface area contributed by atoms with Gasteiger partial charge in [0.15, 0.2) is 4.80 Å². The van der Waals surface area contributed by atoms with E-state index in [-0.39, 0.29) is 20.7 Å². The molecule has 1 aliphatic carbocycles. The Morgan fingerprint density at radius 1 is 0.759 bits per heavy atom. The fourth-order valence-corrected chi connectivity index (χ4v) is 4.57. The third-order valence-corrected chi connectivity index (χ3v) is 6.33. The van der Waals surface area contributed by atoms with E-state index >= 15 is 0 Å². The van der Waals surface area contributed by atoms with Crippen LogP contribution in [0.3, 0.4) is 0 Å². The lowest BCUT2D eigenvalue weighted by molar-refractivity contribution is -0.114. The largest absolute Gasteiger partial charge is 0.292 e. The second-order valence-electron chi connectivity index (χ2n) is 6.01. The molecule has 0 spiro atoms. The third kappa shape index (κ3) is 3.74. The van der Waals surface area contributed by atoms with E-state index in [2.05, 4.69) is 4.99 Å². The monoisotopic (exact) mass is 460 g/mol. The van der Waals surface area contributed by atoms with Crippen LogP contribution in [0.15, 0.2) is 86.9 Å². The Balaban J connectivity index is 1.95. The summed E-state index contributed by atoms with van der Waals surface area (Å²) in [6.45, 7) is 0. The topological polar surface area (TPSA) is 51.4 Å². The zero-order valence-electron chi connectivity index (χ0n) is 14.6. The lowest BCUT2D eigenvalue weighted by Gasteiger charge is -2.13. The minimum atomic E-state index is -0.672. The number of benzene rings is 2. The van der Waals surface area contributed by atoms with Crippen molar-refractivity contribution in [3.8, 4) is 5.69 Å². The van der Waals surface area contributed by atoms with Crippen molar-refractivity contribution in [3.05, 3.63) is 91.6 Å². The van der Waals surface area contributed by atoms with Gasteiger partial charge in [-0.25, -0.2) is 4.99 Å². The number of halogens is 3. The van der Waals surface area contributed by atoms with Gasteiger partial charge in [-0.15, -0.1) is 0 Å². The SMILES string of the molecule is O=C1C(Cl)=C(Cl)C(=O)C(c2cn(-c3ccccc3)c(=Nc3ccccc3)s2)=C1Cl. The van der Waals surface area contributed by atoms with Crippen molar-refractivity contribution in [2.75, 3.05) is 0 Å². The van der Waals surface area contributed by atoms with Crippen LogP contribution in [-0.4, -0.2) is 16.1 Å². The molecule has 0 aliphatic heterocycles. The van der Waals surface area contributed by atoms with Crippen LogP contribution in [0, 0.1) is 0 Å². The Kier molecular flexibility index (Phi) is 5.56. The van der Waals surface area contributed by atoms with Gasteiger partial charge in [0.05, 0.1) is 16.1 Å². The molecule has 0 fully saturated rings. The van der Waals surface area contributed by atoms with E-state index in [9.17, 15) is 9.59 Å². The number of hydrogen-bond donors (Lipinski definition) is 0. The minimum absolute atomic E-state index is 0.0234. The molecular formula is C21H11Cl3N2O2S. The molecule has 0 unspecified atom stereocenters. The van der Waals surface area contributed by atoms with Crippen LogP contribution in [0.2, 0.25) is 0 Å². The van der Waals surface area contributed by atoms with Gasteiger partial charge in [-0.2, -0.15) is 0 Å². The van der Waals surface area contributed by atoms with Gasteiger partial charge >= 0.3 is 0 Å². The Hall–Kier alpha value is -2.44. The van der Waals surface area contributed by atoms with Crippen molar-refractivity contribution >= 4 is 69.0 Å². The normalized spacial score (nSPS) is 15.5. The number of allylic oxidation sites excluding steroid dienone is 4. The van der Waals surface area contributed by atoms with E-state index in [0.717, 1.165) is 11.4 Å². The number of ketones is 2. The minimum Gasteiger partial charge on any atom is -0.292 e. The van der Waals surface area contributed by atoms with Crippen LogP contribution >= 0.6 is 46.1 Å². The molecule has 2 aromatic carbocycles. The number of carbonyl (C=O) groups excluding carboxylic acids is 2.